The first-order valence-electron chi connectivity index (χ1n) is 8.70. The molecule has 0 aliphatic heterocycles. The number of hydrogen-bond acceptors (Lipinski definition) is 6. The van der Waals surface area contributed by atoms with Crippen molar-refractivity contribution in [3.05, 3.63) is 30.1 Å². The lowest BCUT2D eigenvalue weighted by atomic mass is 10.2. The van der Waals surface area contributed by atoms with Gasteiger partial charge in [0.15, 0.2) is 5.82 Å². The molecule has 0 spiro atoms. The fourth-order valence-corrected chi connectivity index (χ4v) is 3.13. The predicted octanol–water partition coefficient (Wildman–Crippen LogP) is 3.15. The number of nitrogen functional groups attached to an aromatic ring is 1. The SMILES string of the molecule is CCCc1nc2c(N)nc3ccccc3c2n1CCCCON(C)O. The van der Waals surface area contributed by atoms with Gasteiger partial charge in [-0.3, -0.25) is 10.0 Å². The van der Waals surface area contributed by atoms with E-state index in [2.05, 4.69) is 22.5 Å². The molecular formula is C18H25N5O2. The van der Waals surface area contributed by atoms with Crippen LogP contribution >= 0.6 is 0 Å². The van der Waals surface area contributed by atoms with Crippen LogP contribution in [0.4, 0.5) is 5.82 Å². The number of nitrogens with zero attached hydrogens (tertiary/aromatic N) is 4. The van der Waals surface area contributed by atoms with Crippen molar-refractivity contribution in [2.45, 2.75) is 39.2 Å². The lowest BCUT2D eigenvalue weighted by Gasteiger charge is -2.11. The third kappa shape index (κ3) is 3.73. The number of unbranched alkanes of at least 4 members (excludes halogenated alkanes) is 1. The minimum atomic E-state index is 0.479. The second kappa shape index (κ2) is 7.77. The van der Waals surface area contributed by atoms with Crippen LogP contribution in [0.5, 0.6) is 0 Å². The van der Waals surface area contributed by atoms with Crippen LogP contribution in [0, 0.1) is 0 Å². The van der Waals surface area contributed by atoms with Gasteiger partial charge in [-0.1, -0.05) is 30.3 Å². The molecule has 3 rings (SSSR count). The Morgan fingerprint density at radius 1 is 1.24 bits per heavy atom. The first-order valence-corrected chi connectivity index (χ1v) is 8.70. The number of fused-ring (bicyclic) bond motifs is 3. The van der Waals surface area contributed by atoms with Crippen LogP contribution in [0.1, 0.15) is 32.0 Å². The predicted molar refractivity (Wildman–Crippen MR) is 98.2 cm³/mol. The zero-order valence-electron chi connectivity index (χ0n) is 14.8. The Balaban J connectivity index is 1.97. The largest absolute Gasteiger partial charge is 0.382 e. The summed E-state index contributed by atoms with van der Waals surface area (Å²) < 4.78 is 2.27. The highest BCUT2D eigenvalue weighted by molar-refractivity contribution is 6.06. The Hall–Kier alpha value is -2.22. The normalized spacial score (nSPS) is 11.8. The van der Waals surface area contributed by atoms with Gasteiger partial charge >= 0.3 is 0 Å². The second-order valence-electron chi connectivity index (χ2n) is 6.15. The molecule has 2 heterocycles. The topological polar surface area (TPSA) is 89.4 Å². The van der Waals surface area contributed by atoms with Crippen molar-refractivity contribution in [3.8, 4) is 0 Å². The number of para-hydroxylation sites is 1. The third-order valence-corrected chi connectivity index (χ3v) is 4.22. The van der Waals surface area contributed by atoms with Crippen molar-refractivity contribution < 1.29 is 10.0 Å². The maximum atomic E-state index is 9.02. The molecule has 0 fully saturated rings. The van der Waals surface area contributed by atoms with Crippen LogP contribution < -0.4 is 5.73 Å². The van der Waals surface area contributed by atoms with Crippen molar-refractivity contribution in [3.63, 3.8) is 0 Å². The van der Waals surface area contributed by atoms with Crippen LogP contribution in [0.25, 0.3) is 21.9 Å². The summed E-state index contributed by atoms with van der Waals surface area (Å²) in [7, 11) is 1.46. The summed E-state index contributed by atoms with van der Waals surface area (Å²) in [6.07, 6.45) is 3.69. The zero-order valence-corrected chi connectivity index (χ0v) is 14.8. The lowest BCUT2D eigenvalue weighted by Crippen LogP contribution is -2.14. The van der Waals surface area contributed by atoms with E-state index in [1.54, 1.807) is 0 Å². The van der Waals surface area contributed by atoms with Gasteiger partial charge in [0, 0.05) is 25.4 Å². The molecule has 0 unspecified atom stereocenters. The van der Waals surface area contributed by atoms with Crippen LogP contribution in [-0.4, -0.2) is 38.6 Å². The molecule has 2 aromatic heterocycles. The number of hydrogen-bond donors (Lipinski definition) is 2. The van der Waals surface area contributed by atoms with Gasteiger partial charge in [-0.2, -0.15) is 0 Å². The van der Waals surface area contributed by atoms with Crippen LogP contribution in [0.3, 0.4) is 0 Å². The van der Waals surface area contributed by atoms with Crippen LogP contribution in [-0.2, 0) is 17.8 Å². The van der Waals surface area contributed by atoms with E-state index in [9.17, 15) is 0 Å². The Morgan fingerprint density at radius 3 is 2.80 bits per heavy atom. The second-order valence-corrected chi connectivity index (χ2v) is 6.15. The Labute approximate surface area is 146 Å². The number of anilines is 1. The average molecular weight is 343 g/mol. The summed E-state index contributed by atoms with van der Waals surface area (Å²) in [6.45, 7) is 3.46. The fourth-order valence-electron chi connectivity index (χ4n) is 3.13. The highest BCUT2D eigenvalue weighted by Crippen LogP contribution is 2.29. The van der Waals surface area contributed by atoms with Gasteiger partial charge in [0.2, 0.25) is 0 Å². The van der Waals surface area contributed by atoms with Gasteiger partial charge in [0.05, 0.1) is 17.6 Å². The standard InChI is InChI=1S/C18H25N5O2/c1-3-8-15-21-16-17(23(15)11-6-7-12-25-22(2)24)13-9-4-5-10-14(13)20-18(16)19/h4-5,9-10,24H,3,6-8,11-12H2,1-2H3,(H2,19,20). The number of hydroxylamine groups is 2. The first kappa shape index (κ1) is 17.6. The molecule has 3 N–H and O–H groups in total. The molecule has 1 aromatic carbocycles. The quantitative estimate of drug-likeness (QED) is 0.482. The molecule has 0 aliphatic rings. The number of imidazole rings is 1. The van der Waals surface area contributed by atoms with E-state index >= 15 is 0 Å². The summed E-state index contributed by atoms with van der Waals surface area (Å²) in [5.74, 6) is 1.53. The highest BCUT2D eigenvalue weighted by atomic mass is 16.9. The number of pyridine rings is 1. The number of aryl methyl sites for hydroxylation is 2. The van der Waals surface area contributed by atoms with Gasteiger partial charge in [-0.15, -0.1) is 0 Å². The summed E-state index contributed by atoms with van der Waals surface area (Å²) in [5, 5.41) is 10.8. The van der Waals surface area contributed by atoms with Gasteiger partial charge in [-0.25, -0.2) is 9.97 Å². The summed E-state index contributed by atoms with van der Waals surface area (Å²) in [5.41, 5.74) is 8.91. The Kier molecular flexibility index (Phi) is 5.47. The van der Waals surface area contributed by atoms with Crippen LogP contribution in [0.15, 0.2) is 24.3 Å². The van der Waals surface area contributed by atoms with Crippen molar-refractivity contribution in [1.82, 2.24) is 19.8 Å². The number of nitrogens with two attached hydrogens (primary N) is 1. The minimum Gasteiger partial charge on any atom is -0.382 e. The van der Waals surface area contributed by atoms with E-state index in [-0.39, 0.29) is 0 Å². The van der Waals surface area contributed by atoms with E-state index in [0.29, 0.717) is 12.4 Å². The van der Waals surface area contributed by atoms with Crippen molar-refractivity contribution >= 4 is 27.8 Å². The van der Waals surface area contributed by atoms with Gasteiger partial charge in [0.25, 0.3) is 0 Å². The highest BCUT2D eigenvalue weighted by Gasteiger charge is 2.16. The zero-order chi connectivity index (χ0) is 17.8. The molecule has 25 heavy (non-hydrogen) atoms. The van der Waals surface area contributed by atoms with E-state index < -0.39 is 0 Å². The lowest BCUT2D eigenvalue weighted by molar-refractivity contribution is -0.323. The number of aromatic nitrogens is 3. The molecule has 0 saturated heterocycles. The van der Waals surface area contributed by atoms with Crippen molar-refractivity contribution in [2.24, 2.45) is 0 Å². The monoisotopic (exact) mass is 343 g/mol. The molecule has 0 aliphatic carbocycles. The summed E-state index contributed by atoms with van der Waals surface area (Å²) >= 11 is 0. The molecule has 3 aromatic rings. The molecular weight excluding hydrogens is 318 g/mol. The van der Waals surface area contributed by atoms with E-state index in [1.165, 1.54) is 7.05 Å². The maximum absolute atomic E-state index is 9.02. The number of rotatable bonds is 8. The fraction of sp³-hybridized carbons (Fsp3) is 0.444. The van der Waals surface area contributed by atoms with Gasteiger partial charge in [-0.05, 0) is 25.3 Å². The van der Waals surface area contributed by atoms with Gasteiger partial charge in [0.1, 0.15) is 11.3 Å². The average Bonchev–Trinajstić information content (AvgIpc) is 2.94. The number of benzene rings is 1. The minimum absolute atomic E-state index is 0.479. The van der Waals surface area contributed by atoms with Crippen LogP contribution in [0.2, 0.25) is 0 Å². The maximum Gasteiger partial charge on any atom is 0.152 e. The van der Waals surface area contributed by atoms with Gasteiger partial charge < -0.3 is 10.3 Å². The van der Waals surface area contributed by atoms with Crippen molar-refractivity contribution in [2.75, 3.05) is 19.4 Å². The Bertz CT molecular complexity index is 859. The molecule has 134 valence electrons. The van der Waals surface area contributed by atoms with E-state index in [0.717, 1.165) is 65.2 Å². The molecule has 0 saturated carbocycles. The molecule has 0 radical (unpaired) electrons. The molecule has 0 amide bonds. The first-order chi connectivity index (χ1) is 12.1. The van der Waals surface area contributed by atoms with E-state index in [4.69, 9.17) is 20.8 Å². The van der Waals surface area contributed by atoms with Crippen molar-refractivity contribution in [1.29, 1.82) is 0 Å². The molecule has 0 bridgehead atoms. The summed E-state index contributed by atoms with van der Waals surface area (Å²) in [4.78, 5) is 14.3. The molecule has 7 nitrogen and oxygen atoms in total. The smallest absolute Gasteiger partial charge is 0.152 e. The third-order valence-electron chi connectivity index (χ3n) is 4.22. The Morgan fingerprint density at radius 2 is 2.04 bits per heavy atom. The summed E-state index contributed by atoms with van der Waals surface area (Å²) in [6, 6.07) is 8.03. The van der Waals surface area contributed by atoms with E-state index in [1.807, 2.05) is 18.2 Å². The molecule has 7 heteroatoms. The molecule has 0 atom stereocenters.